The molecule has 3 heteroatoms. The van der Waals surface area contributed by atoms with Crippen molar-refractivity contribution in [1.29, 1.82) is 0 Å². The Labute approximate surface area is 116 Å². The highest BCUT2D eigenvalue weighted by Gasteiger charge is 2.38. The van der Waals surface area contributed by atoms with Crippen LogP contribution in [0.1, 0.15) is 65.2 Å². The molecule has 3 unspecified atom stereocenters. The van der Waals surface area contributed by atoms with Crippen LogP contribution in [-0.2, 0) is 4.79 Å². The van der Waals surface area contributed by atoms with Gasteiger partial charge < -0.3 is 5.32 Å². The van der Waals surface area contributed by atoms with Gasteiger partial charge in [0, 0.05) is 12.0 Å². The monoisotopic (exact) mass is 271 g/mol. The van der Waals surface area contributed by atoms with Gasteiger partial charge >= 0.3 is 0 Å². The van der Waals surface area contributed by atoms with Crippen molar-refractivity contribution in [3.05, 3.63) is 0 Å². The molecule has 0 radical (unpaired) electrons. The topological polar surface area (TPSA) is 29.1 Å². The molecule has 2 saturated carbocycles. The van der Waals surface area contributed by atoms with E-state index >= 15 is 0 Å². The summed E-state index contributed by atoms with van der Waals surface area (Å²) in [7, 11) is 0. The van der Waals surface area contributed by atoms with Gasteiger partial charge in [-0.15, -0.1) is 11.6 Å². The second-order valence-corrected chi connectivity index (χ2v) is 7.26. The molecule has 2 aliphatic carbocycles. The average molecular weight is 272 g/mol. The van der Waals surface area contributed by atoms with Crippen molar-refractivity contribution in [3.8, 4) is 0 Å². The zero-order chi connectivity index (χ0) is 13.2. The molecule has 1 N–H and O–H groups in total. The Morgan fingerprint density at radius 3 is 2.44 bits per heavy atom. The van der Waals surface area contributed by atoms with Crippen molar-refractivity contribution in [2.24, 2.45) is 11.3 Å². The molecule has 0 aromatic heterocycles. The molecule has 0 spiro atoms. The lowest BCUT2D eigenvalue weighted by atomic mass is 9.68. The van der Waals surface area contributed by atoms with Crippen molar-refractivity contribution < 1.29 is 4.79 Å². The lowest BCUT2D eigenvalue weighted by Crippen LogP contribution is -2.48. The first kappa shape index (κ1) is 14.2. The summed E-state index contributed by atoms with van der Waals surface area (Å²) in [6.45, 7) is 4.46. The fourth-order valence-corrected chi connectivity index (χ4v) is 3.85. The first-order chi connectivity index (χ1) is 8.50. The molecular formula is C15H26ClNO. The molecule has 18 heavy (non-hydrogen) atoms. The van der Waals surface area contributed by atoms with Crippen molar-refractivity contribution in [3.63, 3.8) is 0 Å². The highest BCUT2D eigenvalue weighted by Crippen LogP contribution is 2.40. The first-order valence-electron chi connectivity index (χ1n) is 7.45. The first-order valence-corrected chi connectivity index (χ1v) is 7.89. The molecule has 2 rings (SSSR count). The Morgan fingerprint density at radius 1 is 1.11 bits per heavy atom. The van der Waals surface area contributed by atoms with Crippen LogP contribution in [0.2, 0.25) is 0 Å². The van der Waals surface area contributed by atoms with Gasteiger partial charge in [0.05, 0.1) is 5.38 Å². The third kappa shape index (κ3) is 3.20. The lowest BCUT2D eigenvalue weighted by Gasteiger charge is -2.39. The summed E-state index contributed by atoms with van der Waals surface area (Å²) in [5.74, 6) is 0.425. The average Bonchev–Trinajstić information content (AvgIpc) is 2.31. The van der Waals surface area contributed by atoms with E-state index in [1.165, 1.54) is 32.1 Å². The second kappa shape index (κ2) is 5.81. The van der Waals surface area contributed by atoms with Gasteiger partial charge in [0.1, 0.15) is 0 Å². The Balaban J connectivity index is 1.94. The predicted octanol–water partition coefficient (Wildman–Crippen LogP) is 3.87. The van der Waals surface area contributed by atoms with E-state index in [0.717, 1.165) is 19.3 Å². The van der Waals surface area contributed by atoms with Crippen LogP contribution >= 0.6 is 11.6 Å². The molecule has 0 aromatic rings. The zero-order valence-corrected chi connectivity index (χ0v) is 12.4. The van der Waals surface area contributed by atoms with Crippen molar-refractivity contribution in [1.82, 2.24) is 5.32 Å². The maximum atomic E-state index is 12.5. The third-order valence-electron chi connectivity index (χ3n) is 4.83. The van der Waals surface area contributed by atoms with E-state index in [9.17, 15) is 4.79 Å². The highest BCUT2D eigenvalue weighted by molar-refractivity contribution is 6.21. The van der Waals surface area contributed by atoms with Gasteiger partial charge in [-0.25, -0.2) is 0 Å². The standard InChI is InChI=1S/C15H26ClNO/c1-15(2)10-6-5-7-11(15)14(18)17-13-9-4-3-8-12(13)16/h11-13H,3-10H2,1-2H3,(H,17,18). The second-order valence-electron chi connectivity index (χ2n) is 6.70. The van der Waals surface area contributed by atoms with Crippen LogP contribution in [0.15, 0.2) is 0 Å². The Kier molecular flexibility index (Phi) is 4.58. The van der Waals surface area contributed by atoms with Crippen LogP contribution in [-0.4, -0.2) is 17.3 Å². The number of amides is 1. The predicted molar refractivity (Wildman–Crippen MR) is 75.8 cm³/mol. The molecule has 0 aliphatic heterocycles. The van der Waals surface area contributed by atoms with Gasteiger partial charge in [-0.05, 0) is 31.1 Å². The molecule has 2 aliphatic rings. The van der Waals surface area contributed by atoms with E-state index in [1.807, 2.05) is 0 Å². The van der Waals surface area contributed by atoms with Crippen molar-refractivity contribution >= 4 is 17.5 Å². The van der Waals surface area contributed by atoms with E-state index in [4.69, 9.17) is 11.6 Å². The minimum atomic E-state index is 0.134. The molecule has 3 atom stereocenters. The zero-order valence-electron chi connectivity index (χ0n) is 11.7. The Morgan fingerprint density at radius 2 is 1.78 bits per heavy atom. The van der Waals surface area contributed by atoms with Crippen LogP contribution in [0, 0.1) is 11.3 Å². The van der Waals surface area contributed by atoms with E-state index in [1.54, 1.807) is 0 Å². The normalized spacial score (nSPS) is 36.1. The van der Waals surface area contributed by atoms with Gasteiger partial charge in [-0.1, -0.05) is 39.5 Å². The van der Waals surface area contributed by atoms with E-state index < -0.39 is 0 Å². The molecular weight excluding hydrogens is 246 g/mol. The number of nitrogens with one attached hydrogen (secondary N) is 1. The van der Waals surface area contributed by atoms with Crippen LogP contribution in [0.3, 0.4) is 0 Å². The number of rotatable bonds is 2. The maximum absolute atomic E-state index is 12.5. The van der Waals surface area contributed by atoms with Crippen molar-refractivity contribution in [2.75, 3.05) is 0 Å². The molecule has 0 saturated heterocycles. The van der Waals surface area contributed by atoms with E-state index in [-0.39, 0.29) is 28.7 Å². The fourth-order valence-electron chi connectivity index (χ4n) is 3.51. The minimum Gasteiger partial charge on any atom is -0.352 e. The molecule has 0 heterocycles. The number of hydrogen-bond acceptors (Lipinski definition) is 1. The van der Waals surface area contributed by atoms with E-state index in [2.05, 4.69) is 19.2 Å². The van der Waals surface area contributed by atoms with Crippen LogP contribution < -0.4 is 5.32 Å². The SMILES string of the molecule is CC1(C)CCCCC1C(=O)NC1CCCCC1Cl. The van der Waals surface area contributed by atoms with Crippen LogP contribution in [0.5, 0.6) is 0 Å². The van der Waals surface area contributed by atoms with Crippen LogP contribution in [0.25, 0.3) is 0 Å². The van der Waals surface area contributed by atoms with Gasteiger partial charge in [-0.3, -0.25) is 4.79 Å². The smallest absolute Gasteiger partial charge is 0.223 e. The Bertz CT molecular complexity index is 303. The highest BCUT2D eigenvalue weighted by atomic mass is 35.5. The minimum absolute atomic E-state index is 0.134. The largest absolute Gasteiger partial charge is 0.352 e. The molecule has 2 nitrogen and oxygen atoms in total. The number of carbonyl (C=O) groups excluding carboxylic acids is 1. The van der Waals surface area contributed by atoms with E-state index in [0.29, 0.717) is 0 Å². The summed E-state index contributed by atoms with van der Waals surface area (Å²) in [5, 5.41) is 3.36. The molecule has 1 amide bonds. The molecule has 0 bridgehead atoms. The summed E-state index contributed by atoms with van der Waals surface area (Å²) in [4.78, 5) is 12.5. The summed E-state index contributed by atoms with van der Waals surface area (Å²) < 4.78 is 0. The van der Waals surface area contributed by atoms with Crippen molar-refractivity contribution in [2.45, 2.75) is 76.6 Å². The third-order valence-corrected chi connectivity index (χ3v) is 5.36. The fraction of sp³-hybridized carbons (Fsp3) is 0.933. The summed E-state index contributed by atoms with van der Waals surface area (Å²) in [6.07, 6.45) is 9.15. The number of halogens is 1. The maximum Gasteiger partial charge on any atom is 0.223 e. The number of hydrogen-bond donors (Lipinski definition) is 1. The van der Waals surface area contributed by atoms with Gasteiger partial charge in [-0.2, -0.15) is 0 Å². The van der Waals surface area contributed by atoms with Gasteiger partial charge in [0.2, 0.25) is 5.91 Å². The Hall–Kier alpha value is -0.240. The molecule has 2 fully saturated rings. The van der Waals surface area contributed by atoms with Crippen LogP contribution in [0.4, 0.5) is 0 Å². The van der Waals surface area contributed by atoms with Gasteiger partial charge in [0.25, 0.3) is 0 Å². The summed E-state index contributed by atoms with van der Waals surface area (Å²) >= 11 is 6.32. The summed E-state index contributed by atoms with van der Waals surface area (Å²) in [5.41, 5.74) is 0.152. The quantitative estimate of drug-likeness (QED) is 0.759. The summed E-state index contributed by atoms with van der Waals surface area (Å²) in [6, 6.07) is 0.200. The molecule has 0 aromatic carbocycles. The number of alkyl halides is 1. The molecule has 104 valence electrons. The number of carbonyl (C=O) groups is 1. The van der Waals surface area contributed by atoms with Gasteiger partial charge in [0.15, 0.2) is 0 Å². The lowest BCUT2D eigenvalue weighted by molar-refractivity contribution is -0.131.